The Kier molecular flexibility index (Phi) is 8.45. The van der Waals surface area contributed by atoms with Gasteiger partial charge in [0.05, 0.1) is 18.2 Å². The summed E-state index contributed by atoms with van der Waals surface area (Å²) in [4.78, 5) is 0. The van der Waals surface area contributed by atoms with Gasteiger partial charge >= 0.3 is 29.6 Å². The van der Waals surface area contributed by atoms with Crippen molar-refractivity contribution >= 4 is 0 Å². The van der Waals surface area contributed by atoms with E-state index in [0.717, 1.165) is 0 Å². The maximum atomic E-state index is 7.83. The number of hydrogen-bond donors (Lipinski definition) is 0. The van der Waals surface area contributed by atoms with Gasteiger partial charge in [-0.05, 0) is 0 Å². The van der Waals surface area contributed by atoms with Gasteiger partial charge in [0, 0.05) is 0 Å². The molecule has 8 heavy (non-hydrogen) atoms. The Morgan fingerprint density at radius 3 is 1.25 bits per heavy atom. The normalized spacial score (nSPS) is 5.25. The van der Waals surface area contributed by atoms with E-state index in [9.17, 15) is 0 Å². The van der Waals surface area contributed by atoms with Gasteiger partial charge in [-0.2, -0.15) is 15.8 Å². The average molecular weight is 115 g/mol. The fraction of sp³-hybridized carbons (Fsp3) is 0.250. The first-order valence-electron chi connectivity index (χ1n) is 1.54. The second kappa shape index (κ2) is 6.47. The third-order valence-electron chi connectivity index (χ3n) is 0.387. The standard InChI is InChI=1S/C4HN3.Na.H/c5-1-4(2-6)3-7;;/h4H;;/q;+1;-1. The molecule has 0 aromatic rings. The van der Waals surface area contributed by atoms with Crippen LogP contribution in [0.4, 0.5) is 0 Å². The summed E-state index contributed by atoms with van der Waals surface area (Å²) in [7, 11) is 0. The first-order chi connectivity index (χ1) is 3.35. The molecule has 0 saturated carbocycles. The molecule has 0 aromatic heterocycles. The third kappa shape index (κ3) is 3.65. The minimum absolute atomic E-state index is 0. The fourth-order valence-electron chi connectivity index (χ4n) is 0.0866. The molecule has 0 atom stereocenters. The smallest absolute Gasteiger partial charge is 1.00 e. The molecule has 34 valence electrons. The molecule has 0 saturated heterocycles. The van der Waals surface area contributed by atoms with Crippen molar-refractivity contribution in [1.82, 2.24) is 0 Å². The minimum atomic E-state index is -1.10. The maximum Gasteiger partial charge on any atom is 1.00 e. The van der Waals surface area contributed by atoms with E-state index >= 15 is 0 Å². The van der Waals surface area contributed by atoms with Gasteiger partial charge in [-0.3, -0.25) is 0 Å². The van der Waals surface area contributed by atoms with E-state index in [2.05, 4.69) is 0 Å². The molecule has 0 fully saturated rings. The molecule has 0 aliphatic rings. The zero-order valence-corrected chi connectivity index (χ0v) is 6.42. The molecule has 0 rings (SSSR count). The molecule has 0 radical (unpaired) electrons. The minimum Gasteiger partial charge on any atom is -1.00 e. The van der Waals surface area contributed by atoms with E-state index in [4.69, 9.17) is 15.8 Å². The Labute approximate surface area is 70.9 Å². The van der Waals surface area contributed by atoms with Crippen molar-refractivity contribution in [3.8, 4) is 18.2 Å². The van der Waals surface area contributed by atoms with Crippen LogP contribution in [0.3, 0.4) is 0 Å². The summed E-state index contributed by atoms with van der Waals surface area (Å²) in [5.74, 6) is -1.10. The molecule has 3 nitrogen and oxygen atoms in total. The SMILES string of the molecule is N#CC(C#N)C#N.[H-].[Na+]. The van der Waals surface area contributed by atoms with Gasteiger partial charge in [-0.25, -0.2) is 0 Å². The largest absolute Gasteiger partial charge is 1.00 e. The van der Waals surface area contributed by atoms with E-state index in [0.29, 0.717) is 0 Å². The molecule has 0 aliphatic heterocycles. The number of nitrogens with zero attached hydrogens (tertiary/aromatic N) is 3. The van der Waals surface area contributed by atoms with Crippen LogP contribution in [0.1, 0.15) is 1.43 Å². The van der Waals surface area contributed by atoms with E-state index in [1.165, 1.54) is 18.2 Å². The molecule has 0 unspecified atom stereocenters. The second-order valence-corrected chi connectivity index (χ2v) is 0.820. The molecule has 0 bridgehead atoms. The van der Waals surface area contributed by atoms with Crippen LogP contribution in [-0.2, 0) is 0 Å². The van der Waals surface area contributed by atoms with E-state index in [1.54, 1.807) is 0 Å². The Hall–Kier alpha value is -0.530. The van der Waals surface area contributed by atoms with Gasteiger partial charge in [0.25, 0.3) is 0 Å². The first kappa shape index (κ1) is 10.5. The van der Waals surface area contributed by atoms with Gasteiger partial charge in [-0.1, -0.05) is 0 Å². The Morgan fingerprint density at radius 2 is 1.25 bits per heavy atom. The first-order valence-corrected chi connectivity index (χ1v) is 1.54. The summed E-state index contributed by atoms with van der Waals surface area (Å²) >= 11 is 0. The number of rotatable bonds is 0. The van der Waals surface area contributed by atoms with E-state index < -0.39 is 5.92 Å². The van der Waals surface area contributed by atoms with Crippen LogP contribution < -0.4 is 29.6 Å². The van der Waals surface area contributed by atoms with Gasteiger partial charge in [0.15, 0.2) is 0 Å². The van der Waals surface area contributed by atoms with Gasteiger partial charge in [0.1, 0.15) is 0 Å². The van der Waals surface area contributed by atoms with Crippen molar-refractivity contribution in [2.45, 2.75) is 0 Å². The van der Waals surface area contributed by atoms with Gasteiger partial charge < -0.3 is 1.43 Å². The predicted octanol–water partition coefficient (Wildman–Crippen LogP) is -2.71. The van der Waals surface area contributed by atoms with Gasteiger partial charge in [0.2, 0.25) is 5.92 Å². The molecule has 4 heteroatoms. The van der Waals surface area contributed by atoms with Crippen LogP contribution in [0.5, 0.6) is 0 Å². The molecule has 0 amide bonds. The average Bonchev–Trinajstić information content (AvgIpc) is 1.72. The quantitative estimate of drug-likeness (QED) is 0.322. The van der Waals surface area contributed by atoms with Crippen molar-refractivity contribution in [1.29, 1.82) is 15.8 Å². The van der Waals surface area contributed by atoms with Crippen LogP contribution in [0, 0.1) is 39.9 Å². The zero-order valence-electron chi connectivity index (χ0n) is 5.42. The summed E-state index contributed by atoms with van der Waals surface area (Å²) in [5, 5.41) is 23.5. The molecule has 0 aromatic carbocycles. The van der Waals surface area contributed by atoms with Crippen LogP contribution in [0.25, 0.3) is 0 Å². The second-order valence-electron chi connectivity index (χ2n) is 0.820. The summed E-state index contributed by atoms with van der Waals surface area (Å²) in [6.45, 7) is 0. The van der Waals surface area contributed by atoms with Gasteiger partial charge in [-0.15, -0.1) is 0 Å². The topological polar surface area (TPSA) is 71.4 Å². The monoisotopic (exact) mass is 115 g/mol. The van der Waals surface area contributed by atoms with Crippen molar-refractivity contribution in [2.75, 3.05) is 0 Å². The van der Waals surface area contributed by atoms with Crippen molar-refractivity contribution in [2.24, 2.45) is 5.92 Å². The van der Waals surface area contributed by atoms with Crippen LogP contribution >= 0.6 is 0 Å². The van der Waals surface area contributed by atoms with E-state index in [1.807, 2.05) is 0 Å². The molecular weight excluding hydrogens is 113 g/mol. The summed E-state index contributed by atoms with van der Waals surface area (Å²) < 4.78 is 0. The zero-order chi connectivity index (χ0) is 5.70. The van der Waals surface area contributed by atoms with Crippen molar-refractivity contribution < 1.29 is 31.0 Å². The predicted molar refractivity (Wildman–Crippen MR) is 21.4 cm³/mol. The molecule has 0 aliphatic carbocycles. The maximum absolute atomic E-state index is 7.83. The van der Waals surface area contributed by atoms with Crippen LogP contribution in [0.15, 0.2) is 0 Å². The Morgan fingerprint density at radius 1 is 1.00 bits per heavy atom. The van der Waals surface area contributed by atoms with E-state index in [-0.39, 0.29) is 31.0 Å². The van der Waals surface area contributed by atoms with Crippen LogP contribution in [-0.4, -0.2) is 0 Å². The molecule has 0 spiro atoms. The Balaban J connectivity index is -0.000000180. The molecular formula is C4H2N3Na. The Bertz CT molecular complexity index is 138. The molecule has 0 heterocycles. The summed E-state index contributed by atoms with van der Waals surface area (Å²) in [5.41, 5.74) is 0. The number of nitriles is 3. The number of hydrogen-bond acceptors (Lipinski definition) is 3. The van der Waals surface area contributed by atoms with Crippen molar-refractivity contribution in [3.63, 3.8) is 0 Å². The fourth-order valence-corrected chi connectivity index (χ4v) is 0.0866. The van der Waals surface area contributed by atoms with Crippen LogP contribution in [0.2, 0.25) is 0 Å². The third-order valence-corrected chi connectivity index (χ3v) is 0.387. The summed E-state index contributed by atoms with van der Waals surface area (Å²) in [6.07, 6.45) is 0. The molecule has 0 N–H and O–H groups in total. The summed E-state index contributed by atoms with van der Waals surface area (Å²) in [6, 6.07) is 4.44. The van der Waals surface area contributed by atoms with Crippen molar-refractivity contribution in [3.05, 3.63) is 0 Å².